The van der Waals surface area contributed by atoms with Gasteiger partial charge < -0.3 is 0 Å². The second-order valence-corrected chi connectivity index (χ2v) is 2.49. The van der Waals surface area contributed by atoms with Gasteiger partial charge >= 0.3 is 0 Å². The lowest BCUT2D eigenvalue weighted by molar-refractivity contribution is 0.389. The Balaban J connectivity index is 3.01. The fourth-order valence-electron chi connectivity index (χ4n) is 1.05. The molecule has 0 aliphatic heterocycles. The molecule has 7 heteroatoms. The standard InChI is InChI=1S/C7HF5N2/c8-2-1-14-6(12)4(10)3(9)5(11)7(14)13-2/h1H. The van der Waals surface area contributed by atoms with E-state index in [1.165, 1.54) is 0 Å². The van der Waals surface area contributed by atoms with Gasteiger partial charge in [0.25, 0.3) is 0 Å². The zero-order valence-corrected chi connectivity index (χ0v) is 6.36. The quantitative estimate of drug-likeness (QED) is 0.478. The number of hydrogen-bond acceptors (Lipinski definition) is 1. The van der Waals surface area contributed by atoms with Crippen molar-refractivity contribution in [2.75, 3.05) is 0 Å². The Labute approximate surface area is 73.6 Å². The number of fused-ring (bicyclic) bond motifs is 1. The molecule has 0 atom stereocenters. The van der Waals surface area contributed by atoms with Crippen molar-refractivity contribution in [3.05, 3.63) is 35.5 Å². The van der Waals surface area contributed by atoms with Gasteiger partial charge in [-0.25, -0.2) is 4.39 Å². The molecule has 0 aliphatic rings. The van der Waals surface area contributed by atoms with Gasteiger partial charge in [0.05, 0.1) is 6.20 Å². The lowest BCUT2D eigenvalue weighted by atomic mass is 10.4. The van der Waals surface area contributed by atoms with Gasteiger partial charge in [0.2, 0.25) is 29.3 Å². The van der Waals surface area contributed by atoms with Crippen molar-refractivity contribution in [3.63, 3.8) is 0 Å². The van der Waals surface area contributed by atoms with E-state index < -0.39 is 35.0 Å². The number of rotatable bonds is 0. The summed E-state index contributed by atoms with van der Waals surface area (Å²) >= 11 is 0. The molecule has 14 heavy (non-hydrogen) atoms. The highest BCUT2D eigenvalue weighted by Crippen LogP contribution is 2.19. The molecule has 0 spiro atoms. The molecule has 0 aromatic carbocycles. The Hall–Kier alpha value is -1.66. The van der Waals surface area contributed by atoms with Crippen molar-refractivity contribution >= 4 is 5.65 Å². The highest BCUT2D eigenvalue weighted by molar-refractivity contribution is 5.41. The molecule has 0 saturated carbocycles. The number of aromatic nitrogens is 2. The zero-order valence-electron chi connectivity index (χ0n) is 6.36. The molecule has 0 bridgehead atoms. The van der Waals surface area contributed by atoms with Crippen LogP contribution in [0.5, 0.6) is 0 Å². The molecular weight excluding hydrogens is 207 g/mol. The summed E-state index contributed by atoms with van der Waals surface area (Å²) in [5.74, 6) is -8.70. The van der Waals surface area contributed by atoms with E-state index in [1.54, 1.807) is 0 Å². The van der Waals surface area contributed by atoms with E-state index in [9.17, 15) is 22.0 Å². The van der Waals surface area contributed by atoms with Crippen molar-refractivity contribution in [1.82, 2.24) is 9.38 Å². The Morgan fingerprint density at radius 3 is 2.21 bits per heavy atom. The monoisotopic (exact) mass is 208 g/mol. The topological polar surface area (TPSA) is 17.3 Å². The van der Waals surface area contributed by atoms with Gasteiger partial charge in [0.1, 0.15) is 0 Å². The van der Waals surface area contributed by atoms with E-state index >= 15 is 0 Å². The maximum Gasteiger partial charge on any atom is 0.238 e. The van der Waals surface area contributed by atoms with Gasteiger partial charge in [-0.2, -0.15) is 22.5 Å². The second-order valence-electron chi connectivity index (χ2n) is 2.49. The van der Waals surface area contributed by atoms with Crippen LogP contribution in [0, 0.1) is 29.3 Å². The van der Waals surface area contributed by atoms with Crippen LogP contribution in [0.2, 0.25) is 0 Å². The maximum absolute atomic E-state index is 12.8. The van der Waals surface area contributed by atoms with E-state index in [0.717, 1.165) is 0 Å². The van der Waals surface area contributed by atoms with Crippen LogP contribution in [-0.2, 0) is 0 Å². The van der Waals surface area contributed by atoms with Crippen molar-refractivity contribution in [1.29, 1.82) is 0 Å². The van der Waals surface area contributed by atoms with Crippen LogP contribution in [0.15, 0.2) is 6.20 Å². The van der Waals surface area contributed by atoms with Crippen molar-refractivity contribution < 1.29 is 22.0 Å². The minimum Gasteiger partial charge on any atom is -0.268 e. The van der Waals surface area contributed by atoms with E-state index in [-0.39, 0.29) is 4.40 Å². The maximum atomic E-state index is 12.8. The Bertz CT molecular complexity index is 474. The van der Waals surface area contributed by atoms with Crippen LogP contribution in [0.25, 0.3) is 5.65 Å². The Morgan fingerprint density at radius 1 is 0.929 bits per heavy atom. The molecule has 2 rings (SSSR count). The average Bonchev–Trinajstić information content (AvgIpc) is 2.54. The Kier molecular flexibility index (Phi) is 1.70. The molecule has 0 radical (unpaired) electrons. The fourth-order valence-corrected chi connectivity index (χ4v) is 1.05. The van der Waals surface area contributed by atoms with Crippen molar-refractivity contribution in [2.45, 2.75) is 0 Å². The predicted octanol–water partition coefficient (Wildman–Crippen LogP) is 2.03. The molecule has 0 aliphatic carbocycles. The lowest BCUT2D eigenvalue weighted by Crippen LogP contribution is -2.04. The first-order chi connectivity index (χ1) is 6.52. The first kappa shape index (κ1) is 8.92. The van der Waals surface area contributed by atoms with E-state index in [2.05, 4.69) is 4.98 Å². The molecule has 2 nitrogen and oxygen atoms in total. The zero-order chi connectivity index (χ0) is 10.5. The lowest BCUT2D eigenvalue weighted by Gasteiger charge is -2.00. The summed E-state index contributed by atoms with van der Waals surface area (Å²) < 4.78 is 63.4. The first-order valence-electron chi connectivity index (χ1n) is 3.39. The van der Waals surface area contributed by atoms with Crippen molar-refractivity contribution in [2.24, 2.45) is 0 Å². The summed E-state index contributed by atoms with van der Waals surface area (Å²) in [7, 11) is 0. The fraction of sp³-hybridized carbons (Fsp3) is 0. The molecule has 0 fully saturated rings. The number of halogens is 5. The van der Waals surface area contributed by atoms with Gasteiger partial charge in [-0.1, -0.05) is 0 Å². The molecule has 2 heterocycles. The summed E-state index contributed by atoms with van der Waals surface area (Å²) in [5.41, 5.74) is -0.932. The third kappa shape index (κ3) is 0.980. The second kappa shape index (κ2) is 2.66. The smallest absolute Gasteiger partial charge is 0.238 e. The van der Waals surface area contributed by atoms with E-state index in [1.807, 2.05) is 0 Å². The first-order valence-corrected chi connectivity index (χ1v) is 3.39. The van der Waals surface area contributed by atoms with Crippen LogP contribution in [0.4, 0.5) is 22.0 Å². The highest BCUT2D eigenvalue weighted by Gasteiger charge is 2.22. The molecule has 0 unspecified atom stereocenters. The van der Waals surface area contributed by atoms with Gasteiger partial charge in [0, 0.05) is 0 Å². The summed E-state index contributed by atoms with van der Waals surface area (Å²) in [6.07, 6.45) is 0.413. The summed E-state index contributed by atoms with van der Waals surface area (Å²) in [5, 5.41) is 0. The van der Waals surface area contributed by atoms with Gasteiger partial charge in [-0.05, 0) is 0 Å². The molecule has 0 saturated heterocycles. The molecule has 74 valence electrons. The molecule has 0 N–H and O–H groups in total. The van der Waals surface area contributed by atoms with Gasteiger partial charge in [0.15, 0.2) is 5.65 Å². The minimum atomic E-state index is -2.01. The average molecular weight is 208 g/mol. The van der Waals surface area contributed by atoms with Gasteiger partial charge in [-0.3, -0.25) is 4.40 Å². The van der Waals surface area contributed by atoms with Crippen LogP contribution in [0.1, 0.15) is 0 Å². The number of imidazole rings is 1. The SMILES string of the molecule is Fc1cn2c(F)c(F)c(F)c(F)c2n1. The Morgan fingerprint density at radius 2 is 1.57 bits per heavy atom. The molecule has 0 amide bonds. The third-order valence-corrected chi connectivity index (χ3v) is 1.65. The van der Waals surface area contributed by atoms with Crippen LogP contribution >= 0.6 is 0 Å². The van der Waals surface area contributed by atoms with Crippen molar-refractivity contribution in [3.8, 4) is 0 Å². The predicted molar refractivity (Wildman–Crippen MR) is 35.0 cm³/mol. The third-order valence-electron chi connectivity index (χ3n) is 1.65. The summed E-state index contributed by atoms with van der Waals surface area (Å²) in [6.45, 7) is 0. The normalized spacial score (nSPS) is 11.2. The van der Waals surface area contributed by atoms with Crippen LogP contribution in [0.3, 0.4) is 0 Å². The highest BCUT2D eigenvalue weighted by atomic mass is 19.2. The number of hydrogen-bond donors (Lipinski definition) is 0. The summed E-state index contributed by atoms with van der Waals surface area (Å²) in [4.78, 5) is 2.85. The van der Waals surface area contributed by atoms with E-state index in [4.69, 9.17) is 0 Å². The summed E-state index contributed by atoms with van der Waals surface area (Å²) in [6, 6.07) is 0. The van der Waals surface area contributed by atoms with E-state index in [0.29, 0.717) is 6.20 Å². The van der Waals surface area contributed by atoms with Crippen LogP contribution < -0.4 is 0 Å². The minimum absolute atomic E-state index is 0.156. The molecule has 2 aromatic rings. The number of nitrogens with zero attached hydrogens (tertiary/aromatic N) is 2. The molecule has 2 aromatic heterocycles. The van der Waals surface area contributed by atoms with Gasteiger partial charge in [-0.15, -0.1) is 0 Å². The van der Waals surface area contributed by atoms with Crippen LogP contribution in [-0.4, -0.2) is 9.38 Å². The largest absolute Gasteiger partial charge is 0.268 e. The molecular formula is C7HF5N2. The number of pyridine rings is 1.